The number of para-hydroxylation sites is 1. The van der Waals surface area contributed by atoms with Gasteiger partial charge in [0.1, 0.15) is 23.9 Å². The number of nitrogens with one attached hydrogen (secondary N) is 7. The number of fused-ring (bicyclic) bond motifs is 1. The minimum atomic E-state index is -1.70. The number of carbonyl (C=O) groups excluding carboxylic acids is 11. The van der Waals surface area contributed by atoms with E-state index in [9.17, 15) is 68.1 Å². The molecular formula is C62H84N12O14. The van der Waals surface area contributed by atoms with Crippen LogP contribution >= 0.6 is 0 Å². The van der Waals surface area contributed by atoms with Gasteiger partial charge in [0.15, 0.2) is 23.3 Å². The fourth-order valence-electron chi connectivity index (χ4n) is 10.6. The molecule has 0 bridgehead atoms. The third-order valence-electron chi connectivity index (χ3n) is 15.2. The number of nitrogens with two attached hydrogens (primary N) is 3. The number of β-amino-alcohol motifs (C(OH)–C–C–N with tert-alkyl or cyclic N) is 1. The standard InChI is InChI=1S/C62H84N12O14/c1-34(2)24-46(53(80)28-39(14-11-23-67-62(65)66-5)58(85)73-49(57(64)84)27-40-32-68-45-16-10-9-15-43(40)45)70-56(83)22-21-52(79)47(25-37-12-7-6-8-13-37)71-59(86)44(35(3)75)30-54(81)48(31-55(63)82)72-60(87)51-29-42(78)33-74(51)61(88)50(69-36(4)76)26-38-17-19-41(77)20-18-38/h6-10,12-13,15-20,32,34-35,39,42,44,46-51,68,75,77-78H,11,14,21-31,33H2,1-5H3,(H2,63,82)(H2,64,84)(H,69,76)(H,70,83)(H,71,86)(H,72,87)(H,73,85)(H3,65,66,67)/t35-,39-,42-,44+,46+,47+,48+,49+,50-,51+/m1/s1. The number of aromatic amines is 1. The van der Waals surface area contributed by atoms with E-state index in [1.54, 1.807) is 36.5 Å². The SMILES string of the molecule is CN=C(N)NCCC[C@H](CC(=O)[C@H](CC(C)C)NC(=O)CCC(=O)[C@H](Cc1ccccc1)NC(=O)[C@@H](CC(=O)[C@H](CC(N)=O)NC(=O)[C@@H]1C[C@@H](O)CN1C(=O)[C@@H](Cc1ccc(O)cc1)NC(C)=O)[C@@H](C)O)C(=O)N[C@@H](Cc1c[nH]c2ccccc12)C(N)=O. The summed E-state index contributed by atoms with van der Waals surface area (Å²) in [6.07, 6.45) is -3.60. The summed E-state index contributed by atoms with van der Waals surface area (Å²) in [5.74, 6) is -11.0. The van der Waals surface area contributed by atoms with E-state index in [1.807, 2.05) is 38.1 Å². The molecule has 1 aromatic heterocycles. The molecule has 4 aromatic rings. The van der Waals surface area contributed by atoms with E-state index in [2.05, 4.69) is 41.9 Å². The first-order chi connectivity index (χ1) is 41.7. The quantitative estimate of drug-likeness (QED) is 0.0163. The van der Waals surface area contributed by atoms with Crippen molar-refractivity contribution in [2.45, 2.75) is 153 Å². The van der Waals surface area contributed by atoms with E-state index < -0.39 is 151 Å². The number of aliphatic hydroxyl groups is 2. The number of hydrogen-bond donors (Lipinski definition) is 13. The van der Waals surface area contributed by atoms with Gasteiger partial charge in [-0.05, 0) is 73.4 Å². The molecule has 1 saturated heterocycles. The number of phenols is 1. The molecule has 8 amide bonds. The maximum absolute atomic E-state index is 14.3. The molecule has 88 heavy (non-hydrogen) atoms. The maximum Gasteiger partial charge on any atom is 0.246 e. The number of carbonyl (C=O) groups is 11. The second kappa shape index (κ2) is 33.8. The number of rotatable bonds is 35. The first-order valence-corrected chi connectivity index (χ1v) is 29.4. The lowest BCUT2D eigenvalue weighted by Crippen LogP contribution is -2.56. The van der Waals surface area contributed by atoms with Gasteiger partial charge in [0.05, 0.1) is 42.7 Å². The minimum absolute atomic E-state index is 0.0377. The summed E-state index contributed by atoms with van der Waals surface area (Å²) in [5, 5.41) is 48.3. The van der Waals surface area contributed by atoms with Crippen molar-refractivity contribution >= 4 is 81.5 Å². The van der Waals surface area contributed by atoms with Crippen LogP contribution in [0.15, 0.2) is 90.1 Å². The molecule has 0 saturated carbocycles. The van der Waals surface area contributed by atoms with Crippen LogP contribution in [0.5, 0.6) is 5.75 Å². The molecule has 1 fully saturated rings. The number of aromatic nitrogens is 1. The van der Waals surface area contributed by atoms with Crippen molar-refractivity contribution < 1.29 is 68.1 Å². The number of aliphatic imine (C=N–C) groups is 1. The Morgan fingerprint density at radius 2 is 1.33 bits per heavy atom. The predicted octanol–water partition coefficient (Wildman–Crippen LogP) is -0.0909. The van der Waals surface area contributed by atoms with Crippen LogP contribution in [-0.4, -0.2) is 164 Å². The average Bonchev–Trinajstić information content (AvgIpc) is 2.76. The van der Waals surface area contributed by atoms with Crippen molar-refractivity contribution in [1.82, 2.24) is 41.8 Å². The van der Waals surface area contributed by atoms with Crippen molar-refractivity contribution in [1.29, 1.82) is 0 Å². The van der Waals surface area contributed by atoms with Crippen LogP contribution in [0.1, 0.15) is 102 Å². The van der Waals surface area contributed by atoms with Crippen LogP contribution in [0.25, 0.3) is 10.9 Å². The van der Waals surface area contributed by atoms with Gasteiger partial charge in [0.25, 0.3) is 0 Å². The Hall–Kier alpha value is -9.04. The van der Waals surface area contributed by atoms with Crippen LogP contribution in [0.2, 0.25) is 0 Å². The molecule has 10 atom stereocenters. The van der Waals surface area contributed by atoms with Gasteiger partial charge in [-0.1, -0.05) is 74.5 Å². The highest BCUT2D eigenvalue weighted by Crippen LogP contribution is 2.24. The van der Waals surface area contributed by atoms with Gasteiger partial charge in [0, 0.05) is 95.0 Å². The first-order valence-electron chi connectivity index (χ1n) is 29.4. The molecule has 0 unspecified atom stereocenters. The van der Waals surface area contributed by atoms with Crippen LogP contribution in [0.4, 0.5) is 0 Å². The number of primary amides is 2. The van der Waals surface area contributed by atoms with Crippen LogP contribution < -0.4 is 49.1 Å². The molecule has 1 aliphatic rings. The Balaban J connectivity index is 1.28. The number of aliphatic hydroxyl groups excluding tert-OH is 2. The van der Waals surface area contributed by atoms with Crippen LogP contribution in [-0.2, 0) is 72.0 Å². The van der Waals surface area contributed by atoms with Gasteiger partial charge in [0.2, 0.25) is 47.3 Å². The lowest BCUT2D eigenvalue weighted by atomic mass is 9.89. The number of aromatic hydroxyl groups is 1. The topological polar surface area (TPSA) is 430 Å². The van der Waals surface area contributed by atoms with Gasteiger partial charge in [-0.25, -0.2) is 0 Å². The number of phenolic OH excluding ortho intramolecular Hbond substituents is 1. The number of guanidine groups is 1. The van der Waals surface area contributed by atoms with Gasteiger partial charge in [-0.3, -0.25) is 57.7 Å². The molecule has 26 nitrogen and oxygen atoms in total. The van der Waals surface area contributed by atoms with Gasteiger partial charge >= 0.3 is 0 Å². The van der Waals surface area contributed by atoms with Gasteiger partial charge < -0.3 is 74.3 Å². The van der Waals surface area contributed by atoms with E-state index in [-0.39, 0.29) is 69.1 Å². The van der Waals surface area contributed by atoms with Crippen LogP contribution in [0.3, 0.4) is 0 Å². The van der Waals surface area contributed by atoms with Crippen molar-refractivity contribution in [3.05, 3.63) is 102 Å². The molecule has 26 heteroatoms. The van der Waals surface area contributed by atoms with Crippen molar-refractivity contribution in [3.63, 3.8) is 0 Å². The summed E-state index contributed by atoms with van der Waals surface area (Å²) < 4.78 is 0. The summed E-state index contributed by atoms with van der Waals surface area (Å²) in [4.78, 5) is 158. The molecule has 3 aromatic carbocycles. The van der Waals surface area contributed by atoms with Crippen molar-refractivity contribution in [2.24, 2.45) is 39.9 Å². The Bertz CT molecular complexity index is 3130. The number of H-pyrrole nitrogens is 1. The fourth-order valence-corrected chi connectivity index (χ4v) is 10.6. The zero-order chi connectivity index (χ0) is 64.8. The molecular weight excluding hydrogens is 1140 g/mol. The highest BCUT2D eigenvalue weighted by Gasteiger charge is 2.43. The molecule has 0 radical (unpaired) electrons. The molecule has 5 rings (SSSR count). The molecule has 0 aliphatic carbocycles. The summed E-state index contributed by atoms with van der Waals surface area (Å²) in [7, 11) is 1.50. The zero-order valence-electron chi connectivity index (χ0n) is 50.3. The Morgan fingerprint density at radius 1 is 0.693 bits per heavy atom. The fraction of sp³-hybridized carbons (Fsp3) is 0.484. The molecule has 476 valence electrons. The number of nitrogens with zero attached hydrogens (tertiary/aromatic N) is 2. The number of ketones is 3. The maximum atomic E-state index is 14.3. The second-order valence-electron chi connectivity index (χ2n) is 22.8. The molecule has 16 N–H and O–H groups in total. The number of likely N-dealkylation sites (tertiary alicyclic amines) is 1. The number of amides is 8. The van der Waals surface area contributed by atoms with E-state index in [1.165, 1.54) is 45.2 Å². The predicted molar refractivity (Wildman–Crippen MR) is 325 cm³/mol. The molecule has 2 heterocycles. The van der Waals surface area contributed by atoms with E-state index in [0.717, 1.165) is 21.4 Å². The molecule has 0 spiro atoms. The third kappa shape index (κ3) is 21.7. The Kier molecular flexibility index (Phi) is 26.7. The number of benzene rings is 3. The highest BCUT2D eigenvalue weighted by molar-refractivity contribution is 6.00. The van der Waals surface area contributed by atoms with E-state index in [0.29, 0.717) is 24.1 Å². The van der Waals surface area contributed by atoms with E-state index >= 15 is 0 Å². The highest BCUT2D eigenvalue weighted by atomic mass is 16.3. The summed E-state index contributed by atoms with van der Waals surface area (Å²) in [5.41, 5.74) is 19.8. The van der Waals surface area contributed by atoms with Crippen molar-refractivity contribution in [2.75, 3.05) is 20.1 Å². The normalized spacial score (nSPS) is 16.8. The second-order valence-corrected chi connectivity index (χ2v) is 22.8. The van der Waals surface area contributed by atoms with E-state index in [4.69, 9.17) is 17.2 Å². The summed E-state index contributed by atoms with van der Waals surface area (Å²) in [6.45, 7) is 6.04. The molecule has 1 aliphatic heterocycles. The number of Topliss-reactive ketones (excluding diaryl/α,β-unsaturated/α-hetero) is 3. The summed E-state index contributed by atoms with van der Waals surface area (Å²) >= 11 is 0. The Morgan fingerprint density at radius 3 is 1.97 bits per heavy atom. The van der Waals surface area contributed by atoms with Crippen molar-refractivity contribution in [3.8, 4) is 5.75 Å². The van der Waals surface area contributed by atoms with Gasteiger partial charge in [-0.2, -0.15) is 0 Å². The van der Waals surface area contributed by atoms with Gasteiger partial charge in [-0.15, -0.1) is 0 Å². The lowest BCUT2D eigenvalue weighted by Gasteiger charge is -2.30. The summed E-state index contributed by atoms with van der Waals surface area (Å²) in [6, 6.07) is 13.9. The minimum Gasteiger partial charge on any atom is -0.508 e. The first kappa shape index (κ1) is 69.7. The largest absolute Gasteiger partial charge is 0.508 e. The zero-order valence-corrected chi connectivity index (χ0v) is 50.3. The van der Waals surface area contributed by atoms with Crippen LogP contribution in [0, 0.1) is 17.8 Å². The lowest BCUT2D eigenvalue weighted by molar-refractivity contribution is -0.142. The monoisotopic (exact) mass is 1220 g/mol. The number of hydrogen-bond acceptors (Lipinski definition) is 15. The smallest absolute Gasteiger partial charge is 0.246 e. The third-order valence-corrected chi connectivity index (χ3v) is 15.2. The average molecular weight is 1220 g/mol. The Labute approximate surface area is 510 Å².